The average Bonchev–Trinajstić information content (AvgIpc) is 2.93. The fraction of sp³-hybridized carbons (Fsp3) is 0.353. The van der Waals surface area contributed by atoms with Gasteiger partial charge in [0.1, 0.15) is 0 Å². The Bertz CT molecular complexity index is 1320. The van der Waals surface area contributed by atoms with Crippen LogP contribution in [0.15, 0.2) is 72.8 Å². The maximum Gasteiger partial charge on any atom is 0.394 e. The minimum atomic E-state index is -1.49. The smallest absolute Gasteiger partial charge is 0.394 e. The van der Waals surface area contributed by atoms with E-state index in [2.05, 4.69) is 43.0 Å². The van der Waals surface area contributed by atoms with Crippen molar-refractivity contribution < 1.29 is 14.7 Å². The predicted molar refractivity (Wildman–Crippen MR) is 159 cm³/mol. The number of rotatable bonds is 10. The quantitative estimate of drug-likeness (QED) is 0.159. The van der Waals surface area contributed by atoms with Gasteiger partial charge in [0, 0.05) is 16.1 Å². The van der Waals surface area contributed by atoms with Gasteiger partial charge in [-0.05, 0) is 86.2 Å². The summed E-state index contributed by atoms with van der Waals surface area (Å²) in [5.41, 5.74) is 3.85. The van der Waals surface area contributed by atoms with Crippen molar-refractivity contribution in [3.8, 4) is 11.8 Å². The highest BCUT2D eigenvalue weighted by Gasteiger charge is 2.40. The van der Waals surface area contributed by atoms with Crippen LogP contribution < -0.4 is 0 Å². The number of aryl methyl sites for hydroxylation is 1. The molecule has 0 radical (unpaired) electrons. The topological polar surface area (TPSA) is 57.6 Å². The average molecular weight is 544 g/mol. The van der Waals surface area contributed by atoms with E-state index >= 15 is 0 Å². The second-order valence-electron chi connectivity index (χ2n) is 10.4. The van der Waals surface area contributed by atoms with Crippen molar-refractivity contribution in [2.75, 3.05) is 0 Å². The lowest BCUT2D eigenvalue weighted by molar-refractivity contribution is -0.161. The third kappa shape index (κ3) is 7.97. The molecule has 4 nitrogen and oxygen atoms in total. The van der Waals surface area contributed by atoms with Crippen LogP contribution in [0.4, 0.5) is 0 Å². The molecule has 5 heteroatoms. The Morgan fingerprint density at radius 3 is 2.05 bits per heavy atom. The van der Waals surface area contributed by atoms with Crippen LogP contribution in [0, 0.1) is 11.8 Å². The number of carboxylic acids is 1. The molecule has 0 aliphatic heterocycles. The molecular weight excluding hydrogens is 506 g/mol. The predicted octanol–water partition coefficient (Wildman–Crippen LogP) is 8.16. The van der Waals surface area contributed by atoms with Crippen molar-refractivity contribution in [3.63, 3.8) is 0 Å². The summed E-state index contributed by atoms with van der Waals surface area (Å²) in [6.45, 7) is 7.86. The number of aliphatic carboxylic acids is 1. The first-order valence-corrected chi connectivity index (χ1v) is 14.1. The van der Waals surface area contributed by atoms with Gasteiger partial charge in [-0.25, -0.2) is 4.79 Å². The number of halogens is 1. The third-order valence-electron chi connectivity index (χ3n) is 7.15. The van der Waals surface area contributed by atoms with Gasteiger partial charge in [0.05, 0.1) is 11.6 Å². The molecule has 204 valence electrons. The zero-order valence-corrected chi connectivity index (χ0v) is 24.1. The maximum atomic E-state index is 13.0. The number of amides is 1. The van der Waals surface area contributed by atoms with Crippen molar-refractivity contribution in [3.05, 3.63) is 106 Å². The van der Waals surface area contributed by atoms with Crippen LogP contribution in [0.25, 0.3) is 0 Å². The van der Waals surface area contributed by atoms with Crippen LogP contribution in [0.2, 0.25) is 5.02 Å². The second kappa shape index (κ2) is 14.0. The minimum Gasteiger partial charge on any atom is -0.474 e. The molecule has 0 saturated carbocycles. The highest BCUT2D eigenvalue weighted by molar-refractivity contribution is 6.32. The summed E-state index contributed by atoms with van der Waals surface area (Å²) in [6.07, 6.45) is 6.66. The van der Waals surface area contributed by atoms with Gasteiger partial charge in [0.25, 0.3) is 0 Å². The molecule has 1 unspecified atom stereocenters. The van der Waals surface area contributed by atoms with Gasteiger partial charge in [-0.2, -0.15) is 0 Å². The molecule has 1 N–H and O–H groups in total. The number of carbonyl (C=O) groups excluding carboxylic acids is 1. The van der Waals surface area contributed by atoms with E-state index in [1.54, 1.807) is 18.2 Å². The fourth-order valence-corrected chi connectivity index (χ4v) is 5.10. The van der Waals surface area contributed by atoms with Crippen LogP contribution in [-0.2, 0) is 21.5 Å². The molecule has 3 aromatic rings. The lowest BCUT2D eigenvalue weighted by Crippen LogP contribution is -2.50. The molecule has 1 amide bonds. The van der Waals surface area contributed by atoms with Crippen LogP contribution in [0.3, 0.4) is 0 Å². The Morgan fingerprint density at radius 1 is 0.897 bits per heavy atom. The van der Waals surface area contributed by atoms with Crippen molar-refractivity contribution in [1.82, 2.24) is 4.90 Å². The van der Waals surface area contributed by atoms with E-state index in [1.165, 1.54) is 36.1 Å². The molecule has 0 aliphatic rings. The Labute approximate surface area is 238 Å². The van der Waals surface area contributed by atoms with E-state index in [4.69, 9.17) is 11.6 Å². The molecule has 0 heterocycles. The summed E-state index contributed by atoms with van der Waals surface area (Å²) in [4.78, 5) is 26.4. The fourth-order valence-electron chi connectivity index (χ4n) is 4.91. The van der Waals surface area contributed by atoms with Gasteiger partial charge in [-0.3, -0.25) is 4.79 Å². The summed E-state index contributed by atoms with van der Waals surface area (Å²) in [7, 11) is 0. The Kier molecular flexibility index (Phi) is 10.8. The van der Waals surface area contributed by atoms with Crippen molar-refractivity contribution in [1.29, 1.82) is 0 Å². The standard InChI is InChI=1S/C34H38ClNO3/c1-5-7-8-9-11-25-14-16-26(17-15-25)18-19-27-20-22-28(23-21-27)31(6-2)36(32(37)33(38)39)34(3,4)29-12-10-13-30(35)24-29/h10,12-17,20-24,31H,5-9,11H2,1-4H3,(H,38,39). The number of nitrogens with zero attached hydrogens (tertiary/aromatic N) is 1. The number of carboxylic acid groups (broad SMARTS) is 1. The minimum absolute atomic E-state index is 0.450. The molecule has 3 rings (SSSR count). The largest absolute Gasteiger partial charge is 0.474 e. The normalized spacial score (nSPS) is 11.8. The van der Waals surface area contributed by atoms with E-state index in [-0.39, 0.29) is 0 Å². The highest BCUT2D eigenvalue weighted by Crippen LogP contribution is 2.38. The van der Waals surface area contributed by atoms with E-state index in [9.17, 15) is 14.7 Å². The molecule has 39 heavy (non-hydrogen) atoms. The zero-order valence-electron chi connectivity index (χ0n) is 23.3. The van der Waals surface area contributed by atoms with Crippen molar-refractivity contribution in [2.24, 2.45) is 0 Å². The zero-order chi connectivity index (χ0) is 28.4. The molecule has 3 aromatic carbocycles. The number of hydrogen-bond acceptors (Lipinski definition) is 2. The highest BCUT2D eigenvalue weighted by atomic mass is 35.5. The van der Waals surface area contributed by atoms with Crippen LogP contribution in [-0.4, -0.2) is 21.9 Å². The van der Waals surface area contributed by atoms with Crippen molar-refractivity contribution >= 4 is 23.5 Å². The molecule has 0 spiro atoms. The van der Waals surface area contributed by atoms with E-state index in [1.807, 2.05) is 51.1 Å². The SMILES string of the molecule is CCCCCCc1ccc(C#Cc2ccc(C(CC)N(C(=O)C(=O)O)C(C)(C)c3cccc(Cl)c3)cc2)cc1. The number of benzene rings is 3. The first kappa shape index (κ1) is 30.0. The van der Waals surface area contributed by atoms with Crippen LogP contribution >= 0.6 is 11.6 Å². The summed E-state index contributed by atoms with van der Waals surface area (Å²) in [5.74, 6) is 4.01. The lowest BCUT2D eigenvalue weighted by atomic mass is 9.88. The van der Waals surface area contributed by atoms with Crippen LogP contribution in [0.5, 0.6) is 0 Å². The lowest BCUT2D eigenvalue weighted by Gasteiger charge is -2.43. The first-order valence-electron chi connectivity index (χ1n) is 13.7. The molecule has 0 aromatic heterocycles. The van der Waals surface area contributed by atoms with E-state index < -0.39 is 23.5 Å². The monoisotopic (exact) mass is 543 g/mol. The number of carbonyl (C=O) groups is 2. The molecule has 0 fully saturated rings. The Balaban J connectivity index is 1.81. The van der Waals surface area contributed by atoms with Gasteiger partial charge >= 0.3 is 11.9 Å². The van der Waals surface area contributed by atoms with Gasteiger partial charge < -0.3 is 10.0 Å². The van der Waals surface area contributed by atoms with Gasteiger partial charge in [-0.1, -0.05) is 92.9 Å². The summed E-state index contributed by atoms with van der Waals surface area (Å²) in [5, 5.41) is 10.2. The van der Waals surface area contributed by atoms with Gasteiger partial charge in [-0.15, -0.1) is 0 Å². The molecule has 0 saturated heterocycles. The summed E-state index contributed by atoms with van der Waals surface area (Å²) in [6, 6.07) is 22.9. The molecule has 0 aliphatic carbocycles. The number of unbranched alkanes of at least 4 members (excludes halogenated alkanes) is 3. The van der Waals surface area contributed by atoms with E-state index in [0.29, 0.717) is 11.4 Å². The summed E-state index contributed by atoms with van der Waals surface area (Å²) < 4.78 is 0. The molecular formula is C34H38ClNO3. The van der Waals surface area contributed by atoms with Crippen molar-refractivity contribution in [2.45, 2.75) is 77.8 Å². The summed E-state index contributed by atoms with van der Waals surface area (Å²) >= 11 is 6.23. The Hall–Kier alpha value is -3.55. The maximum absolute atomic E-state index is 13.0. The van der Waals surface area contributed by atoms with Gasteiger partial charge in [0.2, 0.25) is 0 Å². The van der Waals surface area contributed by atoms with Gasteiger partial charge in [0.15, 0.2) is 0 Å². The molecule has 0 bridgehead atoms. The molecule has 1 atom stereocenters. The second-order valence-corrected chi connectivity index (χ2v) is 10.8. The van der Waals surface area contributed by atoms with E-state index in [0.717, 1.165) is 28.7 Å². The Morgan fingerprint density at radius 2 is 1.51 bits per heavy atom. The van der Waals surface area contributed by atoms with Crippen LogP contribution in [0.1, 0.15) is 93.7 Å². The third-order valence-corrected chi connectivity index (χ3v) is 7.39. The first-order chi connectivity index (χ1) is 18.7. The number of hydrogen-bond donors (Lipinski definition) is 1.